The highest BCUT2D eigenvalue weighted by Gasteiger charge is 2.37. The smallest absolute Gasteiger partial charge is 0.217 e. The molecule has 5 rings (SSSR count). The Balaban J connectivity index is 1.38. The van der Waals surface area contributed by atoms with Gasteiger partial charge >= 0.3 is 0 Å². The number of aromatic nitrogens is 4. The number of nitrogens with two attached hydrogens (primary N) is 1. The van der Waals surface area contributed by atoms with Crippen LogP contribution in [-0.2, 0) is 4.79 Å². The summed E-state index contributed by atoms with van der Waals surface area (Å²) in [5.41, 5.74) is 8.96. The lowest BCUT2D eigenvalue weighted by Crippen LogP contribution is -2.52. The molecule has 2 aliphatic rings. The normalized spacial score (nSPS) is 23.0. The van der Waals surface area contributed by atoms with Crippen molar-refractivity contribution < 1.29 is 4.79 Å². The van der Waals surface area contributed by atoms with Crippen LogP contribution in [0.2, 0.25) is 5.02 Å². The van der Waals surface area contributed by atoms with Gasteiger partial charge in [0.05, 0.1) is 12.2 Å². The van der Waals surface area contributed by atoms with Gasteiger partial charge in [0.1, 0.15) is 17.4 Å². The van der Waals surface area contributed by atoms with Gasteiger partial charge in [0.2, 0.25) is 5.91 Å². The van der Waals surface area contributed by atoms with Crippen LogP contribution in [-0.4, -0.2) is 62.3 Å². The number of carbonyl (C=O) groups excluding carboxylic acids is 1. The number of anilines is 1. The highest BCUT2D eigenvalue weighted by atomic mass is 35.5. The molecule has 10 heteroatoms. The van der Waals surface area contributed by atoms with Crippen LogP contribution in [0.1, 0.15) is 68.8 Å². The molecule has 2 aromatic heterocycles. The van der Waals surface area contributed by atoms with E-state index in [4.69, 9.17) is 22.3 Å². The van der Waals surface area contributed by atoms with E-state index < -0.39 is 0 Å². The number of fused-ring (bicyclic) bond motifs is 1. The third kappa shape index (κ3) is 5.07. The molecule has 200 valence electrons. The molecule has 0 spiro atoms. The van der Waals surface area contributed by atoms with Gasteiger partial charge < -0.3 is 10.6 Å². The van der Waals surface area contributed by atoms with E-state index in [9.17, 15) is 10.1 Å². The predicted molar refractivity (Wildman–Crippen MR) is 148 cm³/mol. The van der Waals surface area contributed by atoms with E-state index in [2.05, 4.69) is 39.8 Å². The molecule has 3 aromatic rings. The molecule has 2 fully saturated rings. The van der Waals surface area contributed by atoms with Crippen LogP contribution < -0.4 is 10.6 Å². The zero-order valence-electron chi connectivity index (χ0n) is 22.3. The fraction of sp³-hybridized carbons (Fsp3) is 0.536. The number of nitrogens with zero attached hydrogens (tertiary/aromatic N) is 7. The minimum atomic E-state index is -0.215. The van der Waals surface area contributed by atoms with Crippen molar-refractivity contribution in [3.8, 4) is 6.07 Å². The lowest BCUT2D eigenvalue weighted by Gasteiger charge is -2.43. The summed E-state index contributed by atoms with van der Waals surface area (Å²) >= 11 is 6.18. The minimum Gasteiger partial charge on any atom is -0.370 e. The van der Waals surface area contributed by atoms with Gasteiger partial charge in [-0.15, -0.1) is 0 Å². The van der Waals surface area contributed by atoms with Crippen LogP contribution in [0.5, 0.6) is 0 Å². The Kier molecular flexibility index (Phi) is 7.55. The fourth-order valence-electron chi connectivity index (χ4n) is 6.38. The van der Waals surface area contributed by atoms with E-state index in [1.807, 2.05) is 29.8 Å². The van der Waals surface area contributed by atoms with Gasteiger partial charge in [0, 0.05) is 36.6 Å². The first-order valence-electron chi connectivity index (χ1n) is 13.5. The molecule has 2 aliphatic heterocycles. The number of hydrogen-bond donors (Lipinski definition) is 1. The topological polar surface area (TPSA) is 117 Å². The third-order valence-electron chi connectivity index (χ3n) is 8.30. The molecule has 4 atom stereocenters. The first kappa shape index (κ1) is 26.4. The van der Waals surface area contributed by atoms with Gasteiger partial charge in [0.15, 0.2) is 11.3 Å². The van der Waals surface area contributed by atoms with E-state index in [0.717, 1.165) is 55.8 Å². The van der Waals surface area contributed by atoms with Gasteiger partial charge in [-0.2, -0.15) is 10.4 Å². The highest BCUT2D eigenvalue weighted by molar-refractivity contribution is 6.30. The summed E-state index contributed by atoms with van der Waals surface area (Å²) in [7, 11) is 0. The number of rotatable bonds is 7. The molecule has 2 N–H and O–H groups in total. The SMILES string of the molecule is Cc1cc(Cl)ccc1C(C)n1nc(C#N)c2ncc(N3CCC(N4CCCC4CCC(N)=O)C(C)C3)nc21. The first-order chi connectivity index (χ1) is 18.3. The molecule has 38 heavy (non-hydrogen) atoms. The van der Waals surface area contributed by atoms with E-state index in [1.54, 1.807) is 6.20 Å². The number of carbonyl (C=O) groups is 1. The van der Waals surface area contributed by atoms with Crippen molar-refractivity contribution >= 4 is 34.5 Å². The maximum absolute atomic E-state index is 11.3. The van der Waals surface area contributed by atoms with E-state index in [-0.39, 0.29) is 17.6 Å². The molecule has 1 amide bonds. The monoisotopic (exact) mass is 534 g/mol. The number of hydrogen-bond acceptors (Lipinski definition) is 7. The number of halogens is 1. The Labute approximate surface area is 228 Å². The Morgan fingerprint density at radius 3 is 2.84 bits per heavy atom. The molecule has 2 saturated heterocycles. The van der Waals surface area contributed by atoms with Crippen LogP contribution in [0.25, 0.3) is 11.2 Å². The zero-order chi connectivity index (χ0) is 27.0. The largest absolute Gasteiger partial charge is 0.370 e. The number of amides is 1. The molecule has 0 bridgehead atoms. The first-order valence-corrected chi connectivity index (χ1v) is 13.8. The lowest BCUT2D eigenvalue weighted by atomic mass is 9.91. The second kappa shape index (κ2) is 10.9. The van der Waals surface area contributed by atoms with Crippen molar-refractivity contribution in [1.82, 2.24) is 24.6 Å². The Morgan fingerprint density at radius 2 is 2.13 bits per heavy atom. The van der Waals surface area contributed by atoms with Crippen LogP contribution in [0, 0.1) is 24.2 Å². The summed E-state index contributed by atoms with van der Waals surface area (Å²) in [6.07, 6.45) is 6.41. The summed E-state index contributed by atoms with van der Waals surface area (Å²) < 4.78 is 1.81. The van der Waals surface area contributed by atoms with Gasteiger partial charge in [0.25, 0.3) is 0 Å². The Hall–Kier alpha value is -3.22. The van der Waals surface area contributed by atoms with Crippen molar-refractivity contribution in [2.75, 3.05) is 24.5 Å². The number of benzene rings is 1. The highest BCUT2D eigenvalue weighted by Crippen LogP contribution is 2.33. The lowest BCUT2D eigenvalue weighted by molar-refractivity contribution is -0.118. The van der Waals surface area contributed by atoms with Gasteiger partial charge in [-0.3, -0.25) is 9.69 Å². The van der Waals surface area contributed by atoms with Gasteiger partial charge in [-0.1, -0.05) is 24.6 Å². The third-order valence-corrected chi connectivity index (χ3v) is 8.54. The maximum Gasteiger partial charge on any atom is 0.217 e. The molecule has 4 heterocycles. The summed E-state index contributed by atoms with van der Waals surface area (Å²) in [6.45, 7) is 9.21. The predicted octanol–water partition coefficient (Wildman–Crippen LogP) is 4.21. The average molecular weight is 535 g/mol. The maximum atomic E-state index is 11.3. The van der Waals surface area contributed by atoms with E-state index >= 15 is 0 Å². The number of primary amides is 1. The Morgan fingerprint density at radius 1 is 1.32 bits per heavy atom. The standard InChI is InChI=1S/C28H35ClN8O/c1-17-13-20(29)6-8-22(17)19(3)37-28-27(23(14-30)34-37)32-15-26(33-28)35-12-10-24(18(2)16-35)36-11-4-5-21(36)7-9-25(31)38/h6,8,13,15,18-19,21,24H,4-5,7,9-12,16H2,1-3H3,(H2,31,38). The molecule has 0 saturated carbocycles. The average Bonchev–Trinajstić information content (AvgIpc) is 3.51. The summed E-state index contributed by atoms with van der Waals surface area (Å²) in [5, 5.41) is 15.0. The summed E-state index contributed by atoms with van der Waals surface area (Å²) in [4.78, 5) is 25.9. The second-order valence-electron chi connectivity index (χ2n) is 10.8. The van der Waals surface area contributed by atoms with E-state index in [1.165, 1.54) is 6.42 Å². The number of aryl methyl sites for hydroxylation is 1. The van der Waals surface area contributed by atoms with Crippen LogP contribution in [0.3, 0.4) is 0 Å². The van der Waals surface area contributed by atoms with Crippen LogP contribution in [0.4, 0.5) is 5.82 Å². The molecule has 9 nitrogen and oxygen atoms in total. The number of piperidine rings is 1. The van der Waals surface area contributed by atoms with Crippen molar-refractivity contribution in [3.05, 3.63) is 46.2 Å². The van der Waals surface area contributed by atoms with Gasteiger partial charge in [-0.25, -0.2) is 14.6 Å². The van der Waals surface area contributed by atoms with Crippen molar-refractivity contribution in [2.24, 2.45) is 11.7 Å². The van der Waals surface area contributed by atoms with Crippen molar-refractivity contribution in [2.45, 2.75) is 71.0 Å². The Bertz CT molecular complexity index is 1380. The van der Waals surface area contributed by atoms with Crippen molar-refractivity contribution in [1.29, 1.82) is 5.26 Å². The molecule has 0 aliphatic carbocycles. The number of nitriles is 1. The van der Waals surface area contributed by atoms with Gasteiger partial charge in [-0.05, 0) is 75.3 Å². The fourth-order valence-corrected chi connectivity index (χ4v) is 6.61. The summed E-state index contributed by atoms with van der Waals surface area (Å²) in [5.74, 6) is 1.03. The van der Waals surface area contributed by atoms with Crippen LogP contribution in [0.15, 0.2) is 24.4 Å². The molecular weight excluding hydrogens is 500 g/mol. The molecule has 4 unspecified atom stereocenters. The minimum absolute atomic E-state index is 0.140. The second-order valence-corrected chi connectivity index (χ2v) is 11.2. The van der Waals surface area contributed by atoms with Crippen molar-refractivity contribution in [3.63, 3.8) is 0 Å². The zero-order valence-corrected chi connectivity index (χ0v) is 23.0. The quantitative estimate of drug-likeness (QED) is 0.482. The number of likely N-dealkylation sites (tertiary alicyclic amines) is 1. The van der Waals surface area contributed by atoms with E-state index in [0.29, 0.717) is 40.6 Å². The molecular formula is C28H35ClN8O. The molecule has 0 radical (unpaired) electrons. The summed E-state index contributed by atoms with van der Waals surface area (Å²) in [6, 6.07) is 8.77. The van der Waals surface area contributed by atoms with Crippen LogP contribution >= 0.6 is 11.6 Å². The molecule has 1 aromatic carbocycles.